The number of carboxylic acids is 1. The first-order chi connectivity index (χ1) is 9.54. The molecule has 0 bridgehead atoms. The van der Waals surface area contributed by atoms with E-state index in [0.717, 1.165) is 12.8 Å². The number of hydrogen-bond acceptors (Lipinski definition) is 3. The predicted octanol–water partition coefficient (Wildman–Crippen LogP) is 1.57. The van der Waals surface area contributed by atoms with Crippen molar-refractivity contribution in [2.24, 2.45) is 5.92 Å². The molecule has 0 spiro atoms. The number of rotatable bonds is 7. The van der Waals surface area contributed by atoms with Crippen molar-refractivity contribution in [3.63, 3.8) is 0 Å². The summed E-state index contributed by atoms with van der Waals surface area (Å²) in [5.74, 6) is -1.03. The standard InChI is InChI=1S/C14H16FNO4/c15-10-3-5-11(6-4-10)20-8-13(17)16-12(7-14(18)19)9-1-2-9/h3-6,9,12H,1-2,7-8H2,(H,16,17)(H,18,19). The number of aliphatic carboxylic acids is 1. The lowest BCUT2D eigenvalue weighted by Crippen LogP contribution is -2.40. The van der Waals surface area contributed by atoms with Gasteiger partial charge in [0.05, 0.1) is 6.42 Å². The molecule has 5 nitrogen and oxygen atoms in total. The van der Waals surface area contributed by atoms with Gasteiger partial charge in [0, 0.05) is 6.04 Å². The van der Waals surface area contributed by atoms with Gasteiger partial charge >= 0.3 is 5.97 Å². The maximum atomic E-state index is 12.7. The van der Waals surface area contributed by atoms with Crippen LogP contribution in [-0.4, -0.2) is 29.6 Å². The van der Waals surface area contributed by atoms with Gasteiger partial charge in [-0.3, -0.25) is 9.59 Å². The minimum atomic E-state index is -0.929. The molecule has 1 atom stereocenters. The Balaban J connectivity index is 1.79. The van der Waals surface area contributed by atoms with Crippen molar-refractivity contribution >= 4 is 11.9 Å². The van der Waals surface area contributed by atoms with E-state index in [1.54, 1.807) is 0 Å². The SMILES string of the molecule is O=C(O)CC(NC(=O)COc1ccc(F)cc1)C1CC1. The Bertz CT molecular complexity index is 484. The Labute approximate surface area is 115 Å². The molecular formula is C14H16FNO4. The lowest BCUT2D eigenvalue weighted by molar-refractivity contribution is -0.138. The van der Waals surface area contributed by atoms with Crippen LogP contribution in [0.3, 0.4) is 0 Å². The molecule has 20 heavy (non-hydrogen) atoms. The van der Waals surface area contributed by atoms with E-state index < -0.39 is 5.97 Å². The van der Waals surface area contributed by atoms with Gasteiger partial charge in [0.15, 0.2) is 6.61 Å². The van der Waals surface area contributed by atoms with Crippen molar-refractivity contribution in [3.05, 3.63) is 30.1 Å². The van der Waals surface area contributed by atoms with Crippen LogP contribution in [-0.2, 0) is 9.59 Å². The number of benzene rings is 1. The molecule has 1 aromatic rings. The third kappa shape index (κ3) is 4.53. The number of carbonyl (C=O) groups excluding carboxylic acids is 1. The lowest BCUT2D eigenvalue weighted by Gasteiger charge is -2.16. The molecule has 108 valence electrons. The largest absolute Gasteiger partial charge is 0.484 e. The van der Waals surface area contributed by atoms with Gasteiger partial charge in [0.2, 0.25) is 0 Å². The monoisotopic (exact) mass is 281 g/mol. The van der Waals surface area contributed by atoms with E-state index >= 15 is 0 Å². The van der Waals surface area contributed by atoms with E-state index in [1.807, 2.05) is 0 Å². The first-order valence-electron chi connectivity index (χ1n) is 6.44. The molecule has 1 fully saturated rings. The minimum absolute atomic E-state index is 0.0764. The molecule has 0 aromatic heterocycles. The van der Waals surface area contributed by atoms with Gasteiger partial charge in [-0.25, -0.2) is 4.39 Å². The van der Waals surface area contributed by atoms with Gasteiger partial charge in [-0.1, -0.05) is 0 Å². The average molecular weight is 281 g/mol. The fourth-order valence-electron chi connectivity index (χ4n) is 1.95. The van der Waals surface area contributed by atoms with Gasteiger partial charge in [-0.2, -0.15) is 0 Å². The summed E-state index contributed by atoms with van der Waals surface area (Å²) < 4.78 is 17.9. The Morgan fingerprint density at radius 3 is 2.55 bits per heavy atom. The number of halogens is 1. The van der Waals surface area contributed by atoms with Crippen LogP contribution >= 0.6 is 0 Å². The summed E-state index contributed by atoms with van der Waals surface area (Å²) in [6.07, 6.45) is 1.81. The molecule has 6 heteroatoms. The smallest absolute Gasteiger partial charge is 0.305 e. The summed E-state index contributed by atoms with van der Waals surface area (Å²) in [4.78, 5) is 22.4. The number of carbonyl (C=O) groups is 2. The van der Waals surface area contributed by atoms with Crippen LogP contribution in [0.4, 0.5) is 4.39 Å². The maximum Gasteiger partial charge on any atom is 0.305 e. The number of hydrogen-bond donors (Lipinski definition) is 2. The number of ether oxygens (including phenoxy) is 1. The first-order valence-corrected chi connectivity index (χ1v) is 6.44. The third-order valence-corrected chi connectivity index (χ3v) is 3.12. The van der Waals surface area contributed by atoms with Crippen molar-refractivity contribution < 1.29 is 23.8 Å². The van der Waals surface area contributed by atoms with Crippen LogP contribution in [0.1, 0.15) is 19.3 Å². The highest BCUT2D eigenvalue weighted by Crippen LogP contribution is 2.34. The zero-order valence-corrected chi connectivity index (χ0v) is 10.8. The highest BCUT2D eigenvalue weighted by atomic mass is 19.1. The van der Waals surface area contributed by atoms with Crippen molar-refractivity contribution in [1.82, 2.24) is 5.32 Å². The van der Waals surface area contributed by atoms with E-state index in [0.29, 0.717) is 5.75 Å². The molecule has 0 aliphatic heterocycles. The second-order valence-corrected chi connectivity index (χ2v) is 4.85. The molecule has 1 saturated carbocycles. The van der Waals surface area contributed by atoms with E-state index in [1.165, 1.54) is 24.3 Å². The summed E-state index contributed by atoms with van der Waals surface area (Å²) in [5, 5.41) is 11.5. The zero-order valence-electron chi connectivity index (χ0n) is 10.8. The summed E-state index contributed by atoms with van der Waals surface area (Å²) in [7, 11) is 0. The Morgan fingerprint density at radius 1 is 1.35 bits per heavy atom. The van der Waals surface area contributed by atoms with Crippen molar-refractivity contribution in [3.8, 4) is 5.75 Å². The number of amides is 1. The average Bonchev–Trinajstić information content (AvgIpc) is 3.21. The fraction of sp³-hybridized carbons (Fsp3) is 0.429. The summed E-state index contributed by atoms with van der Waals surface area (Å²) >= 11 is 0. The Hall–Kier alpha value is -2.11. The molecule has 0 radical (unpaired) electrons. The van der Waals surface area contributed by atoms with E-state index in [2.05, 4.69) is 5.32 Å². The normalized spacial score (nSPS) is 15.4. The van der Waals surface area contributed by atoms with Crippen LogP contribution < -0.4 is 10.1 Å². The predicted molar refractivity (Wildman–Crippen MR) is 68.8 cm³/mol. The summed E-state index contributed by atoms with van der Waals surface area (Å²) in [5.41, 5.74) is 0. The molecule has 2 rings (SSSR count). The molecular weight excluding hydrogens is 265 g/mol. The van der Waals surface area contributed by atoms with Gasteiger partial charge in [-0.05, 0) is 43.0 Å². The Kier molecular flexibility index (Phi) is 4.55. The number of carboxylic acid groups (broad SMARTS) is 1. The summed E-state index contributed by atoms with van der Waals surface area (Å²) in [6, 6.07) is 5.00. The van der Waals surface area contributed by atoms with E-state index in [4.69, 9.17) is 9.84 Å². The van der Waals surface area contributed by atoms with Gasteiger partial charge in [-0.15, -0.1) is 0 Å². The topological polar surface area (TPSA) is 75.6 Å². The van der Waals surface area contributed by atoms with E-state index in [9.17, 15) is 14.0 Å². The van der Waals surface area contributed by atoms with E-state index in [-0.39, 0.29) is 36.7 Å². The van der Waals surface area contributed by atoms with Crippen LogP contribution in [0.25, 0.3) is 0 Å². The molecule has 1 aliphatic rings. The first kappa shape index (κ1) is 14.3. The lowest BCUT2D eigenvalue weighted by atomic mass is 10.1. The van der Waals surface area contributed by atoms with Gasteiger partial charge in [0.1, 0.15) is 11.6 Å². The van der Waals surface area contributed by atoms with Crippen molar-refractivity contribution in [2.45, 2.75) is 25.3 Å². The third-order valence-electron chi connectivity index (χ3n) is 3.12. The second kappa shape index (κ2) is 6.36. The van der Waals surface area contributed by atoms with Crippen LogP contribution in [0.15, 0.2) is 24.3 Å². The highest BCUT2D eigenvalue weighted by molar-refractivity contribution is 5.79. The molecule has 0 heterocycles. The summed E-state index contributed by atoms with van der Waals surface area (Å²) in [6.45, 7) is -0.214. The molecule has 1 unspecified atom stereocenters. The minimum Gasteiger partial charge on any atom is -0.484 e. The molecule has 1 aromatic carbocycles. The van der Waals surface area contributed by atoms with Crippen LogP contribution in [0.2, 0.25) is 0 Å². The molecule has 0 saturated heterocycles. The zero-order chi connectivity index (χ0) is 14.5. The molecule has 2 N–H and O–H groups in total. The second-order valence-electron chi connectivity index (χ2n) is 4.85. The molecule has 1 aliphatic carbocycles. The van der Waals surface area contributed by atoms with Gasteiger partial charge in [0.25, 0.3) is 5.91 Å². The van der Waals surface area contributed by atoms with Crippen LogP contribution in [0, 0.1) is 11.7 Å². The fourth-order valence-corrected chi connectivity index (χ4v) is 1.95. The van der Waals surface area contributed by atoms with Gasteiger partial charge < -0.3 is 15.2 Å². The van der Waals surface area contributed by atoms with Crippen molar-refractivity contribution in [1.29, 1.82) is 0 Å². The highest BCUT2D eigenvalue weighted by Gasteiger charge is 2.33. The maximum absolute atomic E-state index is 12.7. The number of nitrogens with one attached hydrogen (secondary N) is 1. The molecule has 1 amide bonds. The quantitative estimate of drug-likeness (QED) is 0.795. The van der Waals surface area contributed by atoms with Crippen molar-refractivity contribution in [2.75, 3.05) is 6.61 Å². The Morgan fingerprint density at radius 2 is 2.00 bits per heavy atom. The van der Waals surface area contributed by atoms with Crippen LogP contribution in [0.5, 0.6) is 5.75 Å².